The van der Waals surface area contributed by atoms with Crippen LogP contribution in [0.1, 0.15) is 25.1 Å². The lowest BCUT2D eigenvalue weighted by molar-refractivity contribution is -0.384. The van der Waals surface area contributed by atoms with Crippen molar-refractivity contribution in [3.05, 3.63) is 39.2 Å². The molecule has 0 atom stereocenters. The van der Waals surface area contributed by atoms with Gasteiger partial charge in [-0.2, -0.15) is 0 Å². The number of halogens is 1. The van der Waals surface area contributed by atoms with Gasteiger partial charge in [0, 0.05) is 24.7 Å². The van der Waals surface area contributed by atoms with E-state index in [-0.39, 0.29) is 22.4 Å². The number of hydrogen-bond donors (Lipinski definition) is 1. The minimum absolute atomic E-state index is 0.0310. The molecule has 1 aliphatic heterocycles. The van der Waals surface area contributed by atoms with Crippen LogP contribution in [0, 0.1) is 10.1 Å². The molecule has 0 radical (unpaired) electrons. The normalized spacial score (nSPS) is 13.8. The van der Waals surface area contributed by atoms with Crippen LogP contribution in [0.25, 0.3) is 0 Å². The van der Waals surface area contributed by atoms with Crippen molar-refractivity contribution in [1.82, 2.24) is 14.8 Å². The van der Waals surface area contributed by atoms with Crippen LogP contribution in [0.4, 0.5) is 11.4 Å². The zero-order valence-corrected chi connectivity index (χ0v) is 14.8. The Labute approximate surface area is 153 Å². The molecule has 1 N–H and O–H groups in total. The second-order valence-corrected chi connectivity index (χ2v) is 6.97. The van der Waals surface area contributed by atoms with E-state index < -0.39 is 4.92 Å². The van der Waals surface area contributed by atoms with E-state index >= 15 is 0 Å². The lowest BCUT2D eigenvalue weighted by Crippen LogP contribution is -2.15. The van der Waals surface area contributed by atoms with Gasteiger partial charge in [-0.3, -0.25) is 14.9 Å². The van der Waals surface area contributed by atoms with Crippen LogP contribution < -0.4 is 5.32 Å². The first-order valence-electron chi connectivity index (χ1n) is 7.83. The third kappa shape index (κ3) is 4.29. The molecule has 2 aromatic rings. The zero-order valence-electron chi connectivity index (χ0n) is 13.3. The number of benzene rings is 1. The maximum Gasteiger partial charge on any atom is 0.289 e. The topological polar surface area (TPSA) is 103 Å². The van der Waals surface area contributed by atoms with Crippen molar-refractivity contribution >= 4 is 40.6 Å². The average molecular weight is 382 g/mol. The predicted molar refractivity (Wildman–Crippen MR) is 95.0 cm³/mol. The Kier molecular flexibility index (Phi) is 5.54. The highest BCUT2D eigenvalue weighted by Gasteiger charge is 2.17. The molecule has 1 aliphatic rings. The molecule has 3 rings (SSSR count). The number of nitrogens with zero attached hydrogens (tertiary/aromatic N) is 4. The first-order valence-corrected chi connectivity index (χ1v) is 9.19. The minimum atomic E-state index is -0.585. The number of rotatable bonds is 5. The van der Waals surface area contributed by atoms with E-state index in [2.05, 4.69) is 20.1 Å². The van der Waals surface area contributed by atoms with Gasteiger partial charge in [0.05, 0.1) is 10.7 Å². The van der Waals surface area contributed by atoms with E-state index in [0.717, 1.165) is 36.8 Å². The number of nitro benzene ring substituents is 1. The summed E-state index contributed by atoms with van der Waals surface area (Å²) in [7, 11) is 0. The molecular formula is C15H16ClN5O3S. The number of carbonyl (C=O) groups excluding carboxylic acids is 1. The second kappa shape index (κ2) is 7.83. The first kappa shape index (κ1) is 17.7. The van der Waals surface area contributed by atoms with Gasteiger partial charge in [0.2, 0.25) is 5.91 Å². The Morgan fingerprint density at radius 1 is 1.36 bits per heavy atom. The fourth-order valence-electron chi connectivity index (χ4n) is 2.62. The fraction of sp³-hybridized carbons (Fsp3) is 0.400. The van der Waals surface area contributed by atoms with Gasteiger partial charge in [0.1, 0.15) is 10.8 Å². The molecule has 8 nitrogen and oxygen atoms in total. The molecule has 10 heteroatoms. The number of thioether (sulfide) groups is 1. The highest BCUT2D eigenvalue weighted by molar-refractivity contribution is 7.99. The van der Waals surface area contributed by atoms with Gasteiger partial charge in [0.25, 0.3) is 5.69 Å². The Morgan fingerprint density at radius 3 is 3.00 bits per heavy atom. The Morgan fingerprint density at radius 2 is 2.20 bits per heavy atom. The molecule has 1 amide bonds. The predicted octanol–water partition coefficient (Wildman–Crippen LogP) is 3.30. The summed E-state index contributed by atoms with van der Waals surface area (Å²) in [5.74, 6) is 0.843. The molecule has 0 bridgehead atoms. The van der Waals surface area contributed by atoms with Gasteiger partial charge in [-0.25, -0.2) is 0 Å². The number of carbonyl (C=O) groups is 1. The molecule has 132 valence electrons. The third-order valence-electron chi connectivity index (χ3n) is 3.83. The maximum absolute atomic E-state index is 12.1. The first-order chi connectivity index (χ1) is 12.0. The van der Waals surface area contributed by atoms with Crippen LogP contribution in [0.3, 0.4) is 0 Å². The van der Waals surface area contributed by atoms with E-state index in [0.29, 0.717) is 5.69 Å². The largest absolute Gasteiger partial charge is 0.325 e. The van der Waals surface area contributed by atoms with Crippen molar-refractivity contribution < 1.29 is 9.72 Å². The molecule has 0 saturated carbocycles. The molecule has 0 unspecified atom stereocenters. The van der Waals surface area contributed by atoms with Crippen LogP contribution in [0.15, 0.2) is 23.4 Å². The van der Waals surface area contributed by atoms with Crippen LogP contribution in [-0.2, 0) is 17.8 Å². The summed E-state index contributed by atoms with van der Waals surface area (Å²) >= 11 is 7.07. The highest BCUT2D eigenvalue weighted by atomic mass is 35.5. The van der Waals surface area contributed by atoms with E-state index in [9.17, 15) is 14.9 Å². The molecule has 25 heavy (non-hydrogen) atoms. The number of aryl methyl sites for hydroxylation is 1. The lowest BCUT2D eigenvalue weighted by Gasteiger charge is -2.07. The van der Waals surface area contributed by atoms with Gasteiger partial charge in [-0.1, -0.05) is 29.8 Å². The SMILES string of the molecule is O=C(CSc1nnc2n1CCCCC2)Nc1ccc(Cl)c([N+](=O)[O-])c1. The van der Waals surface area contributed by atoms with Crippen LogP contribution >= 0.6 is 23.4 Å². The number of nitrogens with one attached hydrogen (secondary N) is 1. The van der Waals surface area contributed by atoms with E-state index in [1.54, 1.807) is 0 Å². The summed E-state index contributed by atoms with van der Waals surface area (Å²) in [6.45, 7) is 0.871. The van der Waals surface area contributed by atoms with Crippen LogP contribution in [0.2, 0.25) is 5.02 Å². The van der Waals surface area contributed by atoms with Crippen LogP contribution in [0.5, 0.6) is 0 Å². The Bertz CT molecular complexity index is 810. The van der Waals surface area contributed by atoms with Gasteiger partial charge >= 0.3 is 0 Å². The Balaban J connectivity index is 1.61. The maximum atomic E-state index is 12.1. The number of amides is 1. The molecule has 1 aromatic heterocycles. The smallest absolute Gasteiger partial charge is 0.289 e. The monoisotopic (exact) mass is 381 g/mol. The van der Waals surface area contributed by atoms with E-state index in [4.69, 9.17) is 11.6 Å². The number of aromatic nitrogens is 3. The van der Waals surface area contributed by atoms with E-state index in [1.807, 2.05) is 0 Å². The molecule has 1 aromatic carbocycles. The zero-order chi connectivity index (χ0) is 17.8. The molecule has 0 fully saturated rings. The van der Waals surface area contributed by atoms with Gasteiger partial charge in [-0.15, -0.1) is 10.2 Å². The lowest BCUT2D eigenvalue weighted by atomic mass is 10.2. The summed E-state index contributed by atoms with van der Waals surface area (Å²) in [5, 5.41) is 22.6. The molecule has 0 aliphatic carbocycles. The second-order valence-electron chi connectivity index (χ2n) is 5.62. The molecule has 0 spiro atoms. The Hall–Kier alpha value is -2.13. The van der Waals surface area contributed by atoms with Crippen molar-refractivity contribution in [2.45, 2.75) is 37.4 Å². The summed E-state index contributed by atoms with van der Waals surface area (Å²) < 4.78 is 2.07. The van der Waals surface area contributed by atoms with Gasteiger partial charge in [0.15, 0.2) is 5.16 Å². The van der Waals surface area contributed by atoms with Crippen molar-refractivity contribution in [2.75, 3.05) is 11.1 Å². The highest BCUT2D eigenvalue weighted by Crippen LogP contribution is 2.27. The fourth-order valence-corrected chi connectivity index (χ4v) is 3.59. The van der Waals surface area contributed by atoms with Crippen molar-refractivity contribution in [3.8, 4) is 0 Å². The third-order valence-corrected chi connectivity index (χ3v) is 5.12. The summed E-state index contributed by atoms with van der Waals surface area (Å²) in [6.07, 6.45) is 4.27. The number of hydrogen-bond acceptors (Lipinski definition) is 6. The summed E-state index contributed by atoms with van der Waals surface area (Å²) in [5.41, 5.74) is 0.0941. The number of fused-ring (bicyclic) bond motifs is 1. The average Bonchev–Trinajstić information content (AvgIpc) is 2.81. The molecule has 0 saturated heterocycles. The van der Waals surface area contributed by atoms with Crippen molar-refractivity contribution in [3.63, 3.8) is 0 Å². The minimum Gasteiger partial charge on any atom is -0.325 e. The van der Waals surface area contributed by atoms with Crippen molar-refractivity contribution in [1.29, 1.82) is 0 Å². The summed E-state index contributed by atoms with van der Waals surface area (Å²) in [6, 6.07) is 4.16. The quantitative estimate of drug-likeness (QED) is 0.484. The van der Waals surface area contributed by atoms with Gasteiger partial charge < -0.3 is 9.88 Å². The van der Waals surface area contributed by atoms with E-state index in [1.165, 1.54) is 36.4 Å². The van der Waals surface area contributed by atoms with Crippen molar-refractivity contribution in [2.24, 2.45) is 0 Å². The van der Waals surface area contributed by atoms with Gasteiger partial charge in [-0.05, 0) is 25.0 Å². The standard InChI is InChI=1S/C15H16ClN5O3S/c16-11-6-5-10(8-12(11)21(23)24)17-14(22)9-25-15-19-18-13-4-2-1-3-7-20(13)15/h5-6,8H,1-4,7,9H2,(H,17,22). The summed E-state index contributed by atoms with van der Waals surface area (Å²) in [4.78, 5) is 22.4. The molecular weight excluding hydrogens is 366 g/mol. The number of nitro groups is 1. The van der Waals surface area contributed by atoms with Crippen LogP contribution in [-0.4, -0.2) is 31.3 Å². The molecule has 2 heterocycles. The number of anilines is 1.